The standard InChI is InChI=1S/C28H42N4O6/c1-9-21-26(34)29-15-14-19-10-12-20(13-11-19)38-24(16(2)3)22(27(35)30-21)31-28(36)23(32(7)8)25(17(4)5)37-18(6)33/h10-17,21-25H,9H2,1-8H3,(H,29,34)(H,30,35)(H,31,36). The van der Waals surface area contributed by atoms with Gasteiger partial charge in [0.2, 0.25) is 17.7 Å². The number of rotatable bonds is 8. The van der Waals surface area contributed by atoms with Crippen molar-refractivity contribution in [2.24, 2.45) is 11.8 Å². The lowest BCUT2D eigenvalue weighted by molar-refractivity contribution is -0.156. The van der Waals surface area contributed by atoms with E-state index >= 15 is 0 Å². The van der Waals surface area contributed by atoms with E-state index in [1.54, 1.807) is 44.1 Å². The summed E-state index contributed by atoms with van der Waals surface area (Å²) in [5.41, 5.74) is 0.858. The van der Waals surface area contributed by atoms with Gasteiger partial charge in [0, 0.05) is 13.1 Å². The molecular formula is C28H42N4O6. The summed E-state index contributed by atoms with van der Waals surface area (Å²) in [5, 5.41) is 8.35. The van der Waals surface area contributed by atoms with Gasteiger partial charge in [-0.1, -0.05) is 46.8 Å². The molecule has 0 fully saturated rings. The Morgan fingerprint density at radius 1 is 1.08 bits per heavy atom. The maximum absolute atomic E-state index is 13.7. The van der Waals surface area contributed by atoms with Crippen LogP contribution >= 0.6 is 0 Å². The topological polar surface area (TPSA) is 126 Å². The molecule has 3 amide bonds. The molecule has 0 aromatic heterocycles. The average Bonchev–Trinajstić information content (AvgIpc) is 2.83. The van der Waals surface area contributed by atoms with Crippen LogP contribution in [0.2, 0.25) is 0 Å². The minimum Gasteiger partial charge on any atom is -0.487 e. The molecule has 38 heavy (non-hydrogen) atoms. The van der Waals surface area contributed by atoms with Crippen LogP contribution in [0, 0.1) is 11.8 Å². The Hall–Kier alpha value is -3.40. The minimum atomic E-state index is -1.14. The second-order valence-electron chi connectivity index (χ2n) is 10.4. The smallest absolute Gasteiger partial charge is 0.302 e. The molecular weight excluding hydrogens is 488 g/mol. The Morgan fingerprint density at radius 3 is 2.21 bits per heavy atom. The molecule has 0 aliphatic carbocycles. The van der Waals surface area contributed by atoms with E-state index < -0.39 is 48.1 Å². The molecule has 1 aromatic rings. The lowest BCUT2D eigenvalue weighted by Gasteiger charge is -2.36. The van der Waals surface area contributed by atoms with Crippen molar-refractivity contribution in [1.82, 2.24) is 20.9 Å². The van der Waals surface area contributed by atoms with Crippen LogP contribution in [-0.4, -0.2) is 73.0 Å². The summed E-state index contributed by atoms with van der Waals surface area (Å²) in [4.78, 5) is 53.7. The van der Waals surface area contributed by atoms with Gasteiger partial charge in [0.15, 0.2) is 0 Å². The van der Waals surface area contributed by atoms with Crippen LogP contribution in [0.5, 0.6) is 5.75 Å². The van der Waals surface area contributed by atoms with E-state index in [0.29, 0.717) is 12.2 Å². The molecule has 2 bridgehead atoms. The van der Waals surface area contributed by atoms with Gasteiger partial charge in [-0.3, -0.25) is 24.1 Å². The van der Waals surface area contributed by atoms with E-state index in [1.807, 2.05) is 39.8 Å². The molecule has 5 atom stereocenters. The van der Waals surface area contributed by atoms with Gasteiger partial charge in [0.1, 0.15) is 36.1 Å². The highest BCUT2D eigenvalue weighted by molar-refractivity contribution is 5.94. The van der Waals surface area contributed by atoms with Crippen molar-refractivity contribution in [2.45, 2.75) is 78.3 Å². The Morgan fingerprint density at radius 2 is 1.71 bits per heavy atom. The number of fused-ring (bicyclic) bond motifs is 10. The van der Waals surface area contributed by atoms with Crippen LogP contribution in [-0.2, 0) is 23.9 Å². The molecule has 3 rings (SSSR count). The third-order valence-electron chi connectivity index (χ3n) is 6.36. The zero-order valence-electron chi connectivity index (χ0n) is 23.6. The Bertz CT molecular complexity index is 1010. The number of carbonyl (C=O) groups excluding carboxylic acids is 4. The second-order valence-corrected chi connectivity index (χ2v) is 10.4. The fourth-order valence-corrected chi connectivity index (χ4v) is 4.31. The van der Waals surface area contributed by atoms with Crippen LogP contribution in [0.1, 0.15) is 53.5 Å². The van der Waals surface area contributed by atoms with Gasteiger partial charge in [0.05, 0.1) is 0 Å². The van der Waals surface area contributed by atoms with Gasteiger partial charge in [-0.2, -0.15) is 0 Å². The molecule has 0 saturated heterocycles. The third kappa shape index (κ3) is 8.31. The molecule has 10 nitrogen and oxygen atoms in total. The molecule has 5 unspecified atom stereocenters. The SMILES string of the molecule is CCC1NC(=O)C(NC(=O)C(C(OC(C)=O)C(C)C)N(C)C)C(C(C)C)Oc2ccc(cc2)C=CNC1=O. The predicted octanol–water partition coefficient (Wildman–Crippen LogP) is 2.09. The molecule has 0 spiro atoms. The summed E-state index contributed by atoms with van der Waals surface area (Å²) < 4.78 is 11.8. The van der Waals surface area contributed by atoms with Gasteiger partial charge in [-0.15, -0.1) is 0 Å². The number of ether oxygens (including phenoxy) is 2. The molecule has 2 aliphatic heterocycles. The first-order valence-electron chi connectivity index (χ1n) is 13.0. The van der Waals surface area contributed by atoms with Crippen LogP contribution in [0.3, 0.4) is 0 Å². The van der Waals surface area contributed by atoms with Crippen molar-refractivity contribution < 1.29 is 28.7 Å². The van der Waals surface area contributed by atoms with Gasteiger partial charge in [-0.05, 0) is 56.1 Å². The summed E-state index contributed by atoms with van der Waals surface area (Å²) >= 11 is 0. The predicted molar refractivity (Wildman–Crippen MR) is 145 cm³/mol. The molecule has 2 aliphatic rings. The number of benzene rings is 1. The molecule has 0 radical (unpaired) electrons. The monoisotopic (exact) mass is 530 g/mol. The van der Waals surface area contributed by atoms with Crippen molar-refractivity contribution >= 4 is 29.8 Å². The number of hydrogen-bond acceptors (Lipinski definition) is 7. The van der Waals surface area contributed by atoms with Crippen LogP contribution in [0.4, 0.5) is 0 Å². The third-order valence-corrected chi connectivity index (χ3v) is 6.36. The van der Waals surface area contributed by atoms with Crippen molar-refractivity contribution in [2.75, 3.05) is 14.1 Å². The van der Waals surface area contributed by atoms with Crippen molar-refractivity contribution in [1.29, 1.82) is 0 Å². The second kappa shape index (κ2) is 13.9. The number of esters is 1. The minimum absolute atomic E-state index is 0.174. The van der Waals surface area contributed by atoms with E-state index in [1.165, 1.54) is 13.1 Å². The van der Waals surface area contributed by atoms with Crippen LogP contribution in [0.25, 0.3) is 6.08 Å². The Labute approximate surface area is 225 Å². The molecule has 10 heteroatoms. The average molecular weight is 531 g/mol. The van der Waals surface area contributed by atoms with Gasteiger partial charge >= 0.3 is 5.97 Å². The van der Waals surface area contributed by atoms with Crippen molar-refractivity contribution in [3.05, 3.63) is 36.0 Å². The van der Waals surface area contributed by atoms with E-state index in [2.05, 4.69) is 16.0 Å². The molecule has 0 saturated carbocycles. The fraction of sp³-hybridized carbons (Fsp3) is 0.571. The van der Waals surface area contributed by atoms with E-state index in [-0.39, 0.29) is 17.7 Å². The zero-order chi connectivity index (χ0) is 28.6. The maximum atomic E-state index is 13.7. The lowest BCUT2D eigenvalue weighted by Crippen LogP contribution is -2.63. The largest absolute Gasteiger partial charge is 0.487 e. The number of nitrogens with zero attached hydrogens (tertiary/aromatic N) is 1. The number of likely N-dealkylation sites (N-methyl/N-ethyl adjacent to an activating group) is 1. The maximum Gasteiger partial charge on any atom is 0.302 e. The van der Waals surface area contributed by atoms with Crippen LogP contribution < -0.4 is 20.7 Å². The van der Waals surface area contributed by atoms with Crippen molar-refractivity contribution in [3.63, 3.8) is 0 Å². The zero-order valence-corrected chi connectivity index (χ0v) is 23.6. The van der Waals surface area contributed by atoms with Crippen LogP contribution in [0.15, 0.2) is 30.5 Å². The lowest BCUT2D eigenvalue weighted by atomic mass is 9.94. The molecule has 1 aromatic carbocycles. The first-order chi connectivity index (χ1) is 17.8. The van der Waals surface area contributed by atoms with E-state index in [0.717, 1.165) is 5.56 Å². The number of hydrogen-bond donors (Lipinski definition) is 3. The molecule has 2 heterocycles. The molecule has 210 valence electrons. The van der Waals surface area contributed by atoms with Crippen molar-refractivity contribution in [3.8, 4) is 5.75 Å². The van der Waals surface area contributed by atoms with E-state index in [4.69, 9.17) is 9.47 Å². The summed E-state index contributed by atoms with van der Waals surface area (Å²) in [6, 6.07) is 4.37. The quantitative estimate of drug-likeness (QED) is 0.440. The highest BCUT2D eigenvalue weighted by atomic mass is 16.5. The highest BCUT2D eigenvalue weighted by Gasteiger charge is 2.41. The number of nitrogens with one attached hydrogen (secondary N) is 3. The summed E-state index contributed by atoms with van der Waals surface area (Å²) in [7, 11) is 3.42. The summed E-state index contributed by atoms with van der Waals surface area (Å²) in [6.07, 6.45) is 2.10. The summed E-state index contributed by atoms with van der Waals surface area (Å²) in [5.74, 6) is -1.77. The number of carbonyl (C=O) groups is 4. The van der Waals surface area contributed by atoms with Gasteiger partial charge in [0.25, 0.3) is 0 Å². The first kappa shape index (κ1) is 30.8. The molecule has 3 N–H and O–H groups in total. The Balaban J connectivity index is 2.53. The number of amides is 3. The van der Waals surface area contributed by atoms with E-state index in [9.17, 15) is 19.2 Å². The van der Waals surface area contributed by atoms with Gasteiger partial charge in [-0.25, -0.2) is 0 Å². The Kier molecular flexibility index (Phi) is 11.3. The fourth-order valence-electron chi connectivity index (χ4n) is 4.31. The normalized spacial score (nSPS) is 21.8. The first-order valence-corrected chi connectivity index (χ1v) is 13.0. The van der Waals surface area contributed by atoms with Gasteiger partial charge < -0.3 is 25.4 Å². The summed E-state index contributed by atoms with van der Waals surface area (Å²) in [6.45, 7) is 10.6. The highest BCUT2D eigenvalue weighted by Crippen LogP contribution is 2.22.